The van der Waals surface area contributed by atoms with E-state index in [4.69, 9.17) is 0 Å². The highest BCUT2D eigenvalue weighted by atomic mass is 16.2. The number of hydrogen-bond donors (Lipinski definition) is 0. The molecule has 0 radical (unpaired) electrons. The monoisotopic (exact) mass is 327 g/mol. The number of anilines is 1. The molecule has 0 aromatic heterocycles. The summed E-state index contributed by atoms with van der Waals surface area (Å²) in [6, 6.07) is 10.8. The average Bonchev–Trinajstić information content (AvgIpc) is 3.41. The van der Waals surface area contributed by atoms with Gasteiger partial charge in [-0.25, -0.2) is 0 Å². The van der Waals surface area contributed by atoms with Crippen LogP contribution in [0.5, 0.6) is 0 Å². The third-order valence-electron chi connectivity index (χ3n) is 5.42. The molecule has 1 aliphatic carbocycles. The van der Waals surface area contributed by atoms with E-state index in [1.165, 1.54) is 5.69 Å². The maximum Gasteiger partial charge on any atom is 0.228 e. The number of likely N-dealkylation sites (tertiary alicyclic amines) is 1. The van der Waals surface area contributed by atoms with E-state index in [9.17, 15) is 9.59 Å². The second-order valence-corrected chi connectivity index (χ2v) is 7.18. The summed E-state index contributed by atoms with van der Waals surface area (Å²) in [5.74, 6) is 0.236. The number of rotatable bonds is 3. The first-order valence-corrected chi connectivity index (χ1v) is 9.10. The molecule has 1 atom stereocenters. The summed E-state index contributed by atoms with van der Waals surface area (Å²) in [5, 5.41) is 0. The summed E-state index contributed by atoms with van der Waals surface area (Å²) in [4.78, 5) is 31.2. The van der Waals surface area contributed by atoms with Crippen molar-refractivity contribution in [2.45, 2.75) is 31.7 Å². The molecular formula is C19H25N3O2. The maximum absolute atomic E-state index is 12.9. The van der Waals surface area contributed by atoms with E-state index in [0.717, 1.165) is 45.4 Å². The highest BCUT2D eigenvalue weighted by Crippen LogP contribution is 2.33. The van der Waals surface area contributed by atoms with E-state index >= 15 is 0 Å². The Balaban J connectivity index is 1.37. The van der Waals surface area contributed by atoms with Gasteiger partial charge in [0.25, 0.3) is 0 Å². The van der Waals surface area contributed by atoms with Gasteiger partial charge in [-0.15, -0.1) is 0 Å². The lowest BCUT2D eigenvalue weighted by Crippen LogP contribution is -2.40. The Bertz CT molecular complexity index is 614. The Morgan fingerprint density at radius 2 is 1.79 bits per heavy atom. The van der Waals surface area contributed by atoms with Crippen molar-refractivity contribution >= 4 is 17.5 Å². The molecule has 2 saturated heterocycles. The molecule has 128 valence electrons. The van der Waals surface area contributed by atoms with Gasteiger partial charge in [-0.1, -0.05) is 18.2 Å². The number of amides is 2. The van der Waals surface area contributed by atoms with Crippen molar-refractivity contribution < 1.29 is 9.59 Å². The van der Waals surface area contributed by atoms with Crippen LogP contribution in [0.15, 0.2) is 30.3 Å². The van der Waals surface area contributed by atoms with E-state index in [-0.39, 0.29) is 17.7 Å². The zero-order chi connectivity index (χ0) is 16.5. The van der Waals surface area contributed by atoms with Crippen molar-refractivity contribution in [1.29, 1.82) is 0 Å². The van der Waals surface area contributed by atoms with E-state index in [1.807, 2.05) is 15.9 Å². The number of carbonyl (C=O) groups excluding carboxylic acids is 2. The molecule has 5 heteroatoms. The molecule has 0 unspecified atom stereocenters. The topological polar surface area (TPSA) is 43.9 Å². The van der Waals surface area contributed by atoms with Crippen LogP contribution in [-0.4, -0.2) is 60.4 Å². The molecule has 2 amide bonds. The molecule has 0 N–H and O–H groups in total. The fourth-order valence-electron chi connectivity index (χ4n) is 3.93. The number of para-hydroxylation sites is 1. The smallest absolute Gasteiger partial charge is 0.228 e. The van der Waals surface area contributed by atoms with Crippen LogP contribution in [0, 0.1) is 5.92 Å². The average molecular weight is 327 g/mol. The lowest BCUT2D eigenvalue weighted by Gasteiger charge is -2.25. The number of benzene rings is 1. The van der Waals surface area contributed by atoms with Gasteiger partial charge in [0.2, 0.25) is 11.8 Å². The predicted molar refractivity (Wildman–Crippen MR) is 92.7 cm³/mol. The summed E-state index contributed by atoms with van der Waals surface area (Å²) < 4.78 is 0. The van der Waals surface area contributed by atoms with Crippen LogP contribution < -0.4 is 4.90 Å². The molecule has 24 heavy (non-hydrogen) atoms. The van der Waals surface area contributed by atoms with Crippen LogP contribution in [0.4, 0.5) is 5.69 Å². The molecule has 2 heterocycles. The molecule has 3 aliphatic rings. The van der Waals surface area contributed by atoms with Crippen LogP contribution in [0.25, 0.3) is 0 Å². The third kappa shape index (κ3) is 3.12. The minimum Gasteiger partial charge on any atom is -0.370 e. The van der Waals surface area contributed by atoms with Crippen LogP contribution in [0.2, 0.25) is 0 Å². The van der Waals surface area contributed by atoms with Crippen LogP contribution in [-0.2, 0) is 9.59 Å². The highest BCUT2D eigenvalue weighted by Gasteiger charge is 2.42. The molecular weight excluding hydrogens is 302 g/mol. The summed E-state index contributed by atoms with van der Waals surface area (Å²) >= 11 is 0. The third-order valence-corrected chi connectivity index (χ3v) is 5.42. The molecule has 3 fully saturated rings. The molecule has 0 spiro atoms. The summed E-state index contributed by atoms with van der Waals surface area (Å²) in [7, 11) is 0. The van der Waals surface area contributed by atoms with E-state index < -0.39 is 0 Å². The standard InChI is InChI=1S/C19H25N3O2/c23-18-13-15(14-22(18)17-7-8-17)19(24)21-10-4-9-20(11-12-21)16-5-2-1-3-6-16/h1-3,5-6,15,17H,4,7-14H2/t15-/m0/s1. The van der Waals surface area contributed by atoms with Crippen molar-refractivity contribution in [3.63, 3.8) is 0 Å². The van der Waals surface area contributed by atoms with Gasteiger partial charge in [0.15, 0.2) is 0 Å². The zero-order valence-electron chi connectivity index (χ0n) is 14.1. The van der Waals surface area contributed by atoms with Crippen LogP contribution >= 0.6 is 0 Å². The normalized spacial score (nSPS) is 25.1. The first-order valence-electron chi connectivity index (χ1n) is 9.10. The van der Waals surface area contributed by atoms with Gasteiger partial charge in [0.05, 0.1) is 5.92 Å². The summed E-state index contributed by atoms with van der Waals surface area (Å²) in [5.41, 5.74) is 1.22. The Labute approximate surface area is 143 Å². The quantitative estimate of drug-likeness (QED) is 0.849. The first kappa shape index (κ1) is 15.5. The van der Waals surface area contributed by atoms with Gasteiger partial charge in [-0.3, -0.25) is 9.59 Å². The van der Waals surface area contributed by atoms with Gasteiger partial charge in [-0.2, -0.15) is 0 Å². The number of nitrogens with zero attached hydrogens (tertiary/aromatic N) is 3. The second kappa shape index (κ2) is 6.46. The van der Waals surface area contributed by atoms with Gasteiger partial charge in [0.1, 0.15) is 0 Å². The number of carbonyl (C=O) groups is 2. The largest absolute Gasteiger partial charge is 0.370 e. The molecule has 5 nitrogen and oxygen atoms in total. The lowest BCUT2D eigenvalue weighted by atomic mass is 10.1. The van der Waals surface area contributed by atoms with Crippen LogP contribution in [0.3, 0.4) is 0 Å². The molecule has 4 rings (SSSR count). The minimum atomic E-state index is -0.124. The minimum absolute atomic E-state index is 0.124. The Hall–Kier alpha value is -2.04. The Kier molecular flexibility index (Phi) is 4.17. The highest BCUT2D eigenvalue weighted by molar-refractivity contribution is 5.89. The SMILES string of the molecule is O=C([C@H]1CC(=O)N(C2CC2)C1)N1CCCN(c2ccccc2)CC1. The molecule has 1 aromatic carbocycles. The van der Waals surface area contributed by atoms with E-state index in [1.54, 1.807) is 0 Å². The van der Waals surface area contributed by atoms with Gasteiger partial charge < -0.3 is 14.7 Å². The van der Waals surface area contributed by atoms with Gasteiger partial charge in [-0.05, 0) is 31.4 Å². The van der Waals surface area contributed by atoms with Gasteiger partial charge >= 0.3 is 0 Å². The van der Waals surface area contributed by atoms with Crippen molar-refractivity contribution in [1.82, 2.24) is 9.80 Å². The fourth-order valence-corrected chi connectivity index (χ4v) is 3.93. The van der Waals surface area contributed by atoms with Crippen molar-refractivity contribution in [2.24, 2.45) is 5.92 Å². The van der Waals surface area contributed by atoms with Crippen LogP contribution in [0.1, 0.15) is 25.7 Å². The first-order chi connectivity index (χ1) is 11.7. The summed E-state index contributed by atoms with van der Waals surface area (Å²) in [6.45, 7) is 4.04. The second-order valence-electron chi connectivity index (χ2n) is 7.18. The fraction of sp³-hybridized carbons (Fsp3) is 0.579. The van der Waals surface area contributed by atoms with E-state index in [0.29, 0.717) is 19.0 Å². The molecule has 1 aromatic rings. The van der Waals surface area contributed by atoms with E-state index in [2.05, 4.69) is 29.2 Å². The summed E-state index contributed by atoms with van der Waals surface area (Å²) in [6.07, 6.45) is 3.62. The maximum atomic E-state index is 12.9. The van der Waals surface area contributed by atoms with Crippen molar-refractivity contribution in [3.05, 3.63) is 30.3 Å². The molecule has 0 bridgehead atoms. The number of hydrogen-bond acceptors (Lipinski definition) is 3. The molecule has 2 aliphatic heterocycles. The lowest BCUT2D eigenvalue weighted by molar-refractivity contribution is -0.135. The zero-order valence-corrected chi connectivity index (χ0v) is 14.1. The molecule has 1 saturated carbocycles. The predicted octanol–water partition coefficient (Wildman–Crippen LogP) is 1.74. The van der Waals surface area contributed by atoms with Crippen molar-refractivity contribution in [2.75, 3.05) is 37.6 Å². The van der Waals surface area contributed by atoms with Gasteiger partial charge in [0, 0.05) is 50.9 Å². The Morgan fingerprint density at radius 1 is 1.00 bits per heavy atom. The van der Waals surface area contributed by atoms with Crippen molar-refractivity contribution in [3.8, 4) is 0 Å². The Morgan fingerprint density at radius 3 is 2.54 bits per heavy atom.